The standard InChI is InChI=1S/C76H148O17P2/c1-8-11-12-13-14-15-29-36-43-50-57-73(78)86-63-71(93-76(81)60-53-46-39-32-25-23-28-35-42-49-56-69(7)10-3)65-90-94(82,83)88-61-70(77)62-89-95(84,85)91-66-72(64-87-74(79)58-51-44-37-30-24-22-27-34-41-48-55-68(6)9-2)92-75(80)59-52-45-38-31-21-19-17-16-18-20-26-33-40-47-54-67(4)5/h67-72,77H,8-66H2,1-7H3,(H,82,83)(H,84,85)/t68?,69?,70-,71+,72+/m0/s1. The van der Waals surface area contributed by atoms with Crippen LogP contribution in [0.25, 0.3) is 0 Å². The van der Waals surface area contributed by atoms with Crippen LogP contribution >= 0.6 is 15.6 Å². The molecule has 0 aromatic heterocycles. The Morgan fingerprint density at radius 3 is 0.800 bits per heavy atom. The van der Waals surface area contributed by atoms with E-state index < -0.39 is 97.5 Å². The van der Waals surface area contributed by atoms with Crippen LogP contribution in [0.3, 0.4) is 0 Å². The summed E-state index contributed by atoms with van der Waals surface area (Å²) in [4.78, 5) is 72.8. The summed E-state index contributed by atoms with van der Waals surface area (Å²) in [5, 5.41) is 10.6. The van der Waals surface area contributed by atoms with Crippen molar-refractivity contribution in [3.8, 4) is 0 Å². The maximum Gasteiger partial charge on any atom is 0.472 e. The Morgan fingerprint density at radius 2 is 0.537 bits per heavy atom. The molecule has 0 amide bonds. The van der Waals surface area contributed by atoms with Crippen LogP contribution in [0.5, 0.6) is 0 Å². The van der Waals surface area contributed by atoms with Gasteiger partial charge in [0, 0.05) is 25.7 Å². The van der Waals surface area contributed by atoms with Gasteiger partial charge in [-0.25, -0.2) is 9.13 Å². The van der Waals surface area contributed by atoms with E-state index in [1.54, 1.807) is 0 Å². The van der Waals surface area contributed by atoms with Gasteiger partial charge in [0.15, 0.2) is 12.2 Å². The Bertz CT molecular complexity index is 1860. The molecule has 0 radical (unpaired) electrons. The number of carbonyl (C=O) groups is 4. The van der Waals surface area contributed by atoms with E-state index in [1.807, 2.05) is 0 Å². The van der Waals surface area contributed by atoms with Crippen LogP contribution in [-0.4, -0.2) is 96.7 Å². The minimum Gasteiger partial charge on any atom is -0.462 e. The number of aliphatic hydroxyl groups excluding tert-OH is 1. The van der Waals surface area contributed by atoms with Gasteiger partial charge in [-0.15, -0.1) is 0 Å². The molecule has 19 heteroatoms. The maximum atomic E-state index is 13.1. The highest BCUT2D eigenvalue weighted by Crippen LogP contribution is 2.45. The maximum absolute atomic E-state index is 13.1. The van der Waals surface area contributed by atoms with Gasteiger partial charge in [0.2, 0.25) is 0 Å². The molecular formula is C76H148O17P2. The zero-order valence-corrected chi connectivity index (χ0v) is 63.9. The zero-order valence-electron chi connectivity index (χ0n) is 62.1. The van der Waals surface area contributed by atoms with E-state index in [0.29, 0.717) is 25.7 Å². The average molecular weight is 1400 g/mol. The number of phosphoric ester groups is 2. The van der Waals surface area contributed by atoms with Crippen molar-refractivity contribution in [2.75, 3.05) is 39.6 Å². The van der Waals surface area contributed by atoms with E-state index in [-0.39, 0.29) is 25.7 Å². The second-order valence-corrected chi connectivity index (χ2v) is 31.3. The highest BCUT2D eigenvalue weighted by molar-refractivity contribution is 7.47. The molecule has 4 unspecified atom stereocenters. The van der Waals surface area contributed by atoms with Gasteiger partial charge in [0.05, 0.1) is 26.4 Å². The largest absolute Gasteiger partial charge is 0.472 e. The van der Waals surface area contributed by atoms with E-state index in [4.69, 9.17) is 37.0 Å². The van der Waals surface area contributed by atoms with Crippen LogP contribution in [0.4, 0.5) is 0 Å². The molecular weight excluding hydrogens is 1250 g/mol. The van der Waals surface area contributed by atoms with Crippen LogP contribution < -0.4 is 0 Å². The number of unbranched alkanes of at least 4 members (excludes halogenated alkanes) is 40. The van der Waals surface area contributed by atoms with Crippen molar-refractivity contribution < 1.29 is 80.2 Å². The quantitative estimate of drug-likeness (QED) is 0.0222. The van der Waals surface area contributed by atoms with E-state index in [9.17, 15) is 43.2 Å². The summed E-state index contributed by atoms with van der Waals surface area (Å²) in [6.45, 7) is 12.0. The van der Waals surface area contributed by atoms with E-state index in [2.05, 4.69) is 48.5 Å². The van der Waals surface area contributed by atoms with Gasteiger partial charge in [0.25, 0.3) is 0 Å². The molecule has 7 atom stereocenters. The van der Waals surface area contributed by atoms with E-state index in [1.165, 1.54) is 199 Å². The van der Waals surface area contributed by atoms with Crippen LogP contribution in [0, 0.1) is 17.8 Å². The molecule has 3 N–H and O–H groups in total. The van der Waals surface area contributed by atoms with Crippen LogP contribution in [0.2, 0.25) is 0 Å². The van der Waals surface area contributed by atoms with E-state index in [0.717, 1.165) is 108 Å². The van der Waals surface area contributed by atoms with Gasteiger partial charge in [-0.1, -0.05) is 337 Å². The molecule has 0 saturated carbocycles. The molecule has 0 rings (SSSR count). The summed E-state index contributed by atoms with van der Waals surface area (Å²) in [7, 11) is -9.91. The number of hydrogen-bond acceptors (Lipinski definition) is 15. The first-order valence-corrected chi connectivity index (χ1v) is 42.4. The lowest BCUT2D eigenvalue weighted by atomic mass is 9.99. The van der Waals surface area contributed by atoms with Gasteiger partial charge in [-0.3, -0.25) is 37.3 Å². The van der Waals surface area contributed by atoms with Gasteiger partial charge < -0.3 is 33.8 Å². The van der Waals surface area contributed by atoms with Crippen molar-refractivity contribution in [3.05, 3.63) is 0 Å². The fourth-order valence-corrected chi connectivity index (χ4v) is 13.1. The first-order chi connectivity index (χ1) is 45.8. The lowest BCUT2D eigenvalue weighted by Crippen LogP contribution is -2.30. The fraction of sp³-hybridized carbons (Fsp3) is 0.947. The predicted molar refractivity (Wildman–Crippen MR) is 386 cm³/mol. The van der Waals surface area contributed by atoms with Crippen LogP contribution in [0.15, 0.2) is 0 Å². The number of ether oxygens (including phenoxy) is 4. The fourth-order valence-electron chi connectivity index (χ4n) is 11.5. The second kappa shape index (κ2) is 66.6. The Hall–Kier alpha value is -1.94. The summed E-state index contributed by atoms with van der Waals surface area (Å²) < 4.78 is 68.5. The first kappa shape index (κ1) is 93.1. The molecule has 0 aromatic carbocycles. The third kappa shape index (κ3) is 67.6. The average Bonchev–Trinajstić information content (AvgIpc) is 1.32. The lowest BCUT2D eigenvalue weighted by Gasteiger charge is -2.21. The summed E-state index contributed by atoms with van der Waals surface area (Å²) in [5.41, 5.74) is 0. The molecule has 0 aromatic rings. The molecule has 0 spiro atoms. The Balaban J connectivity index is 5.26. The minimum absolute atomic E-state index is 0.106. The van der Waals surface area contributed by atoms with Crippen LogP contribution in [-0.2, 0) is 65.4 Å². The third-order valence-corrected chi connectivity index (χ3v) is 20.3. The number of esters is 4. The number of aliphatic hydroxyl groups is 1. The Labute approximate surface area is 581 Å². The first-order valence-electron chi connectivity index (χ1n) is 39.4. The number of hydrogen-bond donors (Lipinski definition) is 3. The summed E-state index contributed by atoms with van der Waals surface area (Å²) in [5.74, 6) is 0.291. The Morgan fingerprint density at radius 1 is 0.305 bits per heavy atom. The van der Waals surface area contributed by atoms with Crippen molar-refractivity contribution in [1.29, 1.82) is 0 Å². The van der Waals surface area contributed by atoms with Crippen molar-refractivity contribution in [1.82, 2.24) is 0 Å². The molecule has 17 nitrogen and oxygen atoms in total. The van der Waals surface area contributed by atoms with Crippen LogP contribution in [0.1, 0.15) is 389 Å². The highest BCUT2D eigenvalue weighted by atomic mass is 31.2. The molecule has 0 aliphatic heterocycles. The normalized spacial score (nSPS) is 14.6. The predicted octanol–water partition coefficient (Wildman–Crippen LogP) is 22.2. The number of carbonyl (C=O) groups excluding carboxylic acids is 4. The van der Waals surface area contributed by atoms with Gasteiger partial charge >= 0.3 is 39.5 Å². The third-order valence-electron chi connectivity index (χ3n) is 18.4. The summed E-state index contributed by atoms with van der Waals surface area (Å²) in [6, 6.07) is 0. The van der Waals surface area contributed by atoms with Gasteiger partial charge in [-0.05, 0) is 43.4 Å². The van der Waals surface area contributed by atoms with Crippen molar-refractivity contribution in [3.63, 3.8) is 0 Å². The molecule has 95 heavy (non-hydrogen) atoms. The molecule has 0 saturated heterocycles. The molecule has 564 valence electrons. The van der Waals surface area contributed by atoms with Gasteiger partial charge in [-0.2, -0.15) is 0 Å². The lowest BCUT2D eigenvalue weighted by molar-refractivity contribution is -0.161. The van der Waals surface area contributed by atoms with E-state index >= 15 is 0 Å². The number of phosphoric acid groups is 2. The monoisotopic (exact) mass is 1400 g/mol. The summed E-state index contributed by atoms with van der Waals surface area (Å²) >= 11 is 0. The molecule has 0 heterocycles. The van der Waals surface area contributed by atoms with Crippen molar-refractivity contribution in [2.24, 2.45) is 17.8 Å². The second-order valence-electron chi connectivity index (χ2n) is 28.4. The van der Waals surface area contributed by atoms with Gasteiger partial charge in [0.1, 0.15) is 19.3 Å². The SMILES string of the molecule is CCCCCCCCCCCCC(=O)OC[C@H](COP(=O)(O)OC[C@H](O)COP(=O)(O)OC[C@@H](COC(=O)CCCCCCCCCCCCC(C)CC)OC(=O)CCCCCCCCCCCCCCCCC(C)C)OC(=O)CCCCCCCCCCCCC(C)CC. The van der Waals surface area contributed by atoms with Crippen molar-refractivity contribution >= 4 is 39.5 Å². The zero-order chi connectivity index (χ0) is 70.1. The molecule has 0 bridgehead atoms. The number of rotatable bonds is 74. The molecule has 0 aliphatic carbocycles. The minimum atomic E-state index is -4.96. The topological polar surface area (TPSA) is 237 Å². The van der Waals surface area contributed by atoms with Crippen molar-refractivity contribution in [2.45, 2.75) is 407 Å². The summed E-state index contributed by atoms with van der Waals surface area (Å²) in [6.07, 6.45) is 52.4. The molecule has 0 fully saturated rings. The highest BCUT2D eigenvalue weighted by Gasteiger charge is 2.30. The smallest absolute Gasteiger partial charge is 0.462 e. The molecule has 0 aliphatic rings. The Kier molecular flexibility index (Phi) is 65.2.